The zero-order valence-electron chi connectivity index (χ0n) is 22.6. The average Bonchev–Trinajstić information content (AvgIpc) is 3.70. The third kappa shape index (κ3) is 5.95. The van der Waals surface area contributed by atoms with Crippen LogP contribution in [0, 0.1) is 30.9 Å². The maximum Gasteiger partial charge on any atom is 0.272 e. The number of aryl methyl sites for hydroxylation is 1. The number of pyridine rings is 1. The highest BCUT2D eigenvalue weighted by Gasteiger charge is 2.32. The van der Waals surface area contributed by atoms with Gasteiger partial charge in [0.25, 0.3) is 11.6 Å². The number of non-ortho nitro benzene ring substituents is 1. The number of nitrogens with one attached hydrogen (secondary N) is 2. The molecule has 41 heavy (non-hydrogen) atoms. The van der Waals surface area contributed by atoms with Crippen LogP contribution in [0.25, 0.3) is 5.69 Å². The molecule has 0 atom stereocenters. The largest absolute Gasteiger partial charge is 0.437 e. The summed E-state index contributed by atoms with van der Waals surface area (Å²) < 4.78 is 36.7. The highest BCUT2D eigenvalue weighted by Crippen LogP contribution is 2.37. The van der Waals surface area contributed by atoms with Gasteiger partial charge in [-0.1, -0.05) is 18.2 Å². The highest BCUT2D eigenvalue weighted by atomic mass is 32.2. The van der Waals surface area contributed by atoms with E-state index in [4.69, 9.17) is 4.74 Å². The molecule has 1 aliphatic carbocycles. The predicted octanol–water partition coefficient (Wildman–Crippen LogP) is 4.26. The smallest absolute Gasteiger partial charge is 0.272 e. The molecule has 2 heterocycles. The van der Waals surface area contributed by atoms with E-state index in [1.807, 2.05) is 32.0 Å². The van der Waals surface area contributed by atoms with Gasteiger partial charge >= 0.3 is 0 Å². The zero-order chi connectivity index (χ0) is 29.3. The van der Waals surface area contributed by atoms with E-state index < -0.39 is 26.5 Å². The Morgan fingerprint density at radius 2 is 1.90 bits per heavy atom. The molecule has 2 aromatic carbocycles. The maximum absolute atomic E-state index is 13.3. The number of nitro groups is 1. The molecule has 1 amide bonds. The van der Waals surface area contributed by atoms with E-state index in [9.17, 15) is 23.3 Å². The number of nitro benzene ring substituents is 1. The Morgan fingerprint density at radius 1 is 1.12 bits per heavy atom. The van der Waals surface area contributed by atoms with E-state index in [0.717, 1.165) is 22.8 Å². The van der Waals surface area contributed by atoms with Gasteiger partial charge in [-0.05, 0) is 68.5 Å². The molecule has 0 aliphatic heterocycles. The molecule has 12 nitrogen and oxygen atoms in total. The topological polar surface area (TPSA) is 158 Å². The highest BCUT2D eigenvalue weighted by molar-refractivity contribution is 7.89. The van der Waals surface area contributed by atoms with Gasteiger partial charge in [-0.3, -0.25) is 19.9 Å². The van der Waals surface area contributed by atoms with Crippen molar-refractivity contribution < 1.29 is 22.9 Å². The van der Waals surface area contributed by atoms with Crippen LogP contribution >= 0.6 is 0 Å². The number of hydrogen-bond acceptors (Lipinski definition) is 8. The quantitative estimate of drug-likeness (QED) is 0.209. The summed E-state index contributed by atoms with van der Waals surface area (Å²) in [6.45, 7) is 5.69. The summed E-state index contributed by atoms with van der Waals surface area (Å²) in [4.78, 5) is 27.8. The molecule has 212 valence electrons. The first-order chi connectivity index (χ1) is 19.5. The van der Waals surface area contributed by atoms with Crippen LogP contribution in [0.1, 0.15) is 45.6 Å². The van der Waals surface area contributed by atoms with Gasteiger partial charge in [-0.25, -0.2) is 13.1 Å². The van der Waals surface area contributed by atoms with Crippen LogP contribution in [0.3, 0.4) is 0 Å². The van der Waals surface area contributed by atoms with Gasteiger partial charge in [0.2, 0.25) is 15.9 Å². The monoisotopic (exact) mass is 576 g/mol. The van der Waals surface area contributed by atoms with Crippen LogP contribution in [0.2, 0.25) is 0 Å². The number of rotatable bonds is 10. The van der Waals surface area contributed by atoms with E-state index >= 15 is 0 Å². The van der Waals surface area contributed by atoms with Gasteiger partial charge < -0.3 is 10.1 Å². The van der Waals surface area contributed by atoms with Crippen molar-refractivity contribution in [3.05, 3.63) is 99.0 Å². The van der Waals surface area contributed by atoms with E-state index in [2.05, 4.69) is 20.1 Å². The average molecular weight is 577 g/mol. The summed E-state index contributed by atoms with van der Waals surface area (Å²) in [5.41, 5.74) is 3.29. The lowest BCUT2D eigenvalue weighted by Crippen LogP contribution is -2.26. The number of benzene rings is 2. The van der Waals surface area contributed by atoms with Crippen molar-refractivity contribution >= 4 is 21.6 Å². The van der Waals surface area contributed by atoms with Gasteiger partial charge in [0, 0.05) is 42.7 Å². The van der Waals surface area contributed by atoms with Crippen molar-refractivity contribution in [2.24, 2.45) is 0 Å². The molecule has 0 radical (unpaired) electrons. The second-order valence-electron chi connectivity index (χ2n) is 9.84. The molecule has 4 aromatic rings. The number of sulfonamides is 1. The Kier molecular flexibility index (Phi) is 7.56. The van der Waals surface area contributed by atoms with Crippen LogP contribution in [0.4, 0.5) is 5.69 Å². The molecule has 2 N–H and O–H groups in total. The predicted molar refractivity (Wildman–Crippen MR) is 150 cm³/mol. The number of hydrogen-bond donors (Lipinski definition) is 2. The number of carbonyl (C=O) groups excluding carboxylic acids is 1. The van der Waals surface area contributed by atoms with Crippen molar-refractivity contribution in [3.8, 4) is 17.3 Å². The summed E-state index contributed by atoms with van der Waals surface area (Å²) in [5.74, 6) is -0.505. The number of amides is 1. The van der Waals surface area contributed by atoms with Gasteiger partial charge in [-0.15, -0.1) is 0 Å². The summed E-state index contributed by atoms with van der Waals surface area (Å²) >= 11 is 0. The van der Waals surface area contributed by atoms with Crippen LogP contribution in [-0.4, -0.2) is 40.1 Å². The Bertz CT molecular complexity index is 1750. The standard InChI is InChI=1S/C28H28N6O6S/c1-17-6-4-8-23(18(17)2)33-28(19(3)26(31-33)27(35)30-16-20-7-5-13-29-15-20)40-24-12-11-22(34(36)37)14-25(24)41(38,39)32-21-9-10-21/h4-8,11-15,21,32H,9-10,16H2,1-3H3,(H,30,35). The van der Waals surface area contributed by atoms with E-state index in [1.54, 1.807) is 31.5 Å². The third-order valence-electron chi connectivity index (χ3n) is 6.80. The number of carbonyl (C=O) groups is 1. The summed E-state index contributed by atoms with van der Waals surface area (Å²) in [6, 6.07) is 12.3. The van der Waals surface area contributed by atoms with E-state index in [-0.39, 0.29) is 34.8 Å². The van der Waals surface area contributed by atoms with Crippen LogP contribution in [0.5, 0.6) is 11.6 Å². The number of aromatic nitrogens is 3. The van der Waals surface area contributed by atoms with E-state index in [1.165, 1.54) is 16.8 Å². The Hall–Kier alpha value is -4.62. The van der Waals surface area contributed by atoms with Gasteiger partial charge in [-0.2, -0.15) is 9.78 Å². The van der Waals surface area contributed by atoms with Gasteiger partial charge in [0.05, 0.1) is 10.6 Å². The second kappa shape index (κ2) is 11.1. The summed E-state index contributed by atoms with van der Waals surface area (Å²) in [6.07, 6.45) is 4.64. The van der Waals surface area contributed by atoms with Gasteiger partial charge in [0.1, 0.15) is 10.6 Å². The molecule has 0 spiro atoms. The molecule has 2 aromatic heterocycles. The fourth-order valence-corrected chi connectivity index (χ4v) is 5.66. The third-order valence-corrected chi connectivity index (χ3v) is 8.34. The molecule has 1 aliphatic rings. The van der Waals surface area contributed by atoms with Crippen LogP contribution in [-0.2, 0) is 16.6 Å². The van der Waals surface area contributed by atoms with Crippen LogP contribution in [0.15, 0.2) is 65.8 Å². The SMILES string of the molecule is Cc1cccc(-n2nc(C(=O)NCc3cccnc3)c(C)c2Oc2ccc([N+](=O)[O-])cc2S(=O)(=O)NC2CC2)c1C. The van der Waals surface area contributed by atoms with Crippen molar-refractivity contribution in [1.82, 2.24) is 24.8 Å². The Morgan fingerprint density at radius 3 is 2.59 bits per heavy atom. The lowest BCUT2D eigenvalue weighted by molar-refractivity contribution is -0.385. The van der Waals surface area contributed by atoms with Crippen LogP contribution < -0.4 is 14.8 Å². The molecule has 5 rings (SSSR count). The van der Waals surface area contributed by atoms with Crippen molar-refractivity contribution in [3.63, 3.8) is 0 Å². The Balaban J connectivity index is 1.60. The minimum Gasteiger partial charge on any atom is -0.437 e. The summed E-state index contributed by atoms with van der Waals surface area (Å²) in [5, 5.41) is 18.9. The first-order valence-electron chi connectivity index (χ1n) is 12.9. The minimum atomic E-state index is -4.15. The van der Waals surface area contributed by atoms with Crippen molar-refractivity contribution in [2.75, 3.05) is 0 Å². The molecule has 1 saturated carbocycles. The first kappa shape index (κ1) is 27.9. The van der Waals surface area contributed by atoms with Crippen molar-refractivity contribution in [1.29, 1.82) is 0 Å². The normalized spacial score (nSPS) is 13.1. The molecule has 0 bridgehead atoms. The van der Waals surface area contributed by atoms with E-state index in [0.29, 0.717) is 24.1 Å². The number of nitrogens with zero attached hydrogens (tertiary/aromatic N) is 4. The Labute approximate surface area is 236 Å². The maximum atomic E-state index is 13.3. The fourth-order valence-electron chi connectivity index (χ4n) is 4.21. The molecular formula is C28H28N6O6S. The van der Waals surface area contributed by atoms with Crippen molar-refractivity contribution in [2.45, 2.75) is 51.1 Å². The molecule has 0 unspecified atom stereocenters. The lowest BCUT2D eigenvalue weighted by atomic mass is 10.1. The lowest BCUT2D eigenvalue weighted by Gasteiger charge is -2.15. The molecule has 13 heteroatoms. The van der Waals surface area contributed by atoms with Gasteiger partial charge in [0.15, 0.2) is 5.69 Å². The molecular weight excluding hydrogens is 548 g/mol. The number of ether oxygens (including phenoxy) is 1. The second-order valence-corrected chi connectivity index (χ2v) is 11.5. The first-order valence-corrected chi connectivity index (χ1v) is 14.4. The molecule has 1 fully saturated rings. The summed E-state index contributed by atoms with van der Waals surface area (Å²) in [7, 11) is -4.15. The zero-order valence-corrected chi connectivity index (χ0v) is 23.4. The minimum absolute atomic E-state index is 0.0761. The molecule has 0 saturated heterocycles. The fraction of sp³-hybridized carbons (Fsp3) is 0.250.